The number of carbonyl (C=O) groups is 2. The Kier molecular flexibility index (Phi) is 5.47. The number of hydrogen-bond donors (Lipinski definition) is 3. The van der Waals surface area contributed by atoms with Crippen molar-refractivity contribution in [3.05, 3.63) is 76.2 Å². The molecule has 1 aromatic heterocycles. The molecule has 29 heavy (non-hydrogen) atoms. The van der Waals surface area contributed by atoms with Gasteiger partial charge in [-0.2, -0.15) is 0 Å². The molecule has 1 aliphatic rings. The lowest BCUT2D eigenvalue weighted by atomic mass is 10.0. The van der Waals surface area contributed by atoms with Gasteiger partial charge in [-0.25, -0.2) is 0 Å². The van der Waals surface area contributed by atoms with Crippen LogP contribution in [0.1, 0.15) is 38.1 Å². The number of amides is 2. The Morgan fingerprint density at radius 3 is 2.41 bits per heavy atom. The van der Waals surface area contributed by atoms with Crippen molar-refractivity contribution in [1.29, 1.82) is 0 Å². The summed E-state index contributed by atoms with van der Waals surface area (Å²) in [6, 6.07) is 17.5. The van der Waals surface area contributed by atoms with E-state index in [9.17, 15) is 9.59 Å². The third-order valence-corrected chi connectivity index (χ3v) is 6.60. The smallest absolute Gasteiger partial charge is 0.256 e. The quantitative estimate of drug-likeness (QED) is 0.609. The van der Waals surface area contributed by atoms with Gasteiger partial charge in [0.05, 0.1) is 23.5 Å². The minimum absolute atomic E-state index is 0.231. The van der Waals surface area contributed by atoms with Crippen molar-refractivity contribution in [1.82, 2.24) is 0 Å². The Morgan fingerprint density at radius 1 is 1.07 bits per heavy atom. The number of hydrogen-bond acceptors (Lipinski definition) is 3. The van der Waals surface area contributed by atoms with Crippen LogP contribution < -0.4 is 16.0 Å². The molecule has 3 aromatic rings. The summed E-state index contributed by atoms with van der Waals surface area (Å²) in [6.45, 7) is 5.05. The molecule has 5 nitrogen and oxygen atoms in total. The fourth-order valence-electron chi connectivity index (χ4n) is 3.81. The number of likely N-dealkylation sites (N-methyl/N-ethyl adjacent to an activating group) is 1. The minimum atomic E-state index is -0.475. The van der Waals surface area contributed by atoms with Gasteiger partial charge < -0.3 is 16.0 Å². The molecule has 2 aromatic carbocycles. The highest BCUT2D eigenvalue weighted by Crippen LogP contribution is 2.34. The molecule has 1 unspecified atom stereocenters. The van der Waals surface area contributed by atoms with E-state index in [4.69, 9.17) is 5.73 Å². The Balaban J connectivity index is 1.57. The SMILES string of the molecule is CC[NH+]1CCc2c(sc(NC(=O)c3ccc(-c4ccccc4)cc3)c2C(N)=O)C1. The van der Waals surface area contributed by atoms with Gasteiger partial charge in [-0.1, -0.05) is 42.5 Å². The second kappa shape index (κ2) is 8.19. The average molecular weight is 407 g/mol. The second-order valence-electron chi connectivity index (χ2n) is 7.25. The van der Waals surface area contributed by atoms with Gasteiger partial charge in [0.15, 0.2) is 0 Å². The molecule has 0 spiro atoms. The van der Waals surface area contributed by atoms with E-state index in [0.717, 1.165) is 47.6 Å². The summed E-state index contributed by atoms with van der Waals surface area (Å²) in [6.07, 6.45) is 0.814. The molecule has 4 rings (SSSR count). The molecule has 0 aliphatic carbocycles. The van der Waals surface area contributed by atoms with Crippen molar-refractivity contribution in [2.75, 3.05) is 18.4 Å². The van der Waals surface area contributed by atoms with E-state index in [1.165, 1.54) is 16.2 Å². The van der Waals surface area contributed by atoms with Crippen LogP contribution in [0.3, 0.4) is 0 Å². The Bertz CT molecular complexity index is 1040. The van der Waals surface area contributed by atoms with Gasteiger partial charge in [-0.05, 0) is 35.7 Å². The van der Waals surface area contributed by atoms with Gasteiger partial charge in [-0.3, -0.25) is 9.59 Å². The first kappa shape index (κ1) is 19.4. The van der Waals surface area contributed by atoms with Crippen LogP contribution in [-0.2, 0) is 13.0 Å². The lowest BCUT2D eigenvalue weighted by molar-refractivity contribution is -0.913. The fourth-order valence-corrected chi connectivity index (χ4v) is 5.13. The molecular weight excluding hydrogens is 382 g/mol. The van der Waals surface area contributed by atoms with Crippen LogP contribution in [0.25, 0.3) is 11.1 Å². The van der Waals surface area contributed by atoms with E-state index in [-0.39, 0.29) is 5.91 Å². The summed E-state index contributed by atoms with van der Waals surface area (Å²) >= 11 is 1.48. The third-order valence-electron chi connectivity index (χ3n) is 5.46. The number of carbonyl (C=O) groups excluding carboxylic acids is 2. The van der Waals surface area contributed by atoms with Gasteiger partial charge in [0.1, 0.15) is 11.5 Å². The van der Waals surface area contributed by atoms with Crippen LogP contribution in [0.4, 0.5) is 5.00 Å². The summed E-state index contributed by atoms with van der Waals surface area (Å²) in [5.41, 5.74) is 9.85. The third kappa shape index (κ3) is 3.95. The molecule has 2 amide bonds. The minimum Gasteiger partial charge on any atom is -0.365 e. The molecule has 0 bridgehead atoms. The Labute approximate surface area is 174 Å². The zero-order valence-corrected chi connectivity index (χ0v) is 17.1. The van der Waals surface area contributed by atoms with Crippen molar-refractivity contribution in [3.63, 3.8) is 0 Å². The van der Waals surface area contributed by atoms with Gasteiger partial charge in [0, 0.05) is 12.0 Å². The zero-order chi connectivity index (χ0) is 20.4. The predicted octanol–water partition coefficient (Wildman–Crippen LogP) is 2.73. The fraction of sp³-hybridized carbons (Fsp3) is 0.217. The van der Waals surface area contributed by atoms with Gasteiger partial charge in [0.25, 0.3) is 11.8 Å². The number of nitrogens with two attached hydrogens (primary N) is 1. The normalized spacial score (nSPS) is 15.6. The van der Waals surface area contributed by atoms with Crippen molar-refractivity contribution in [2.45, 2.75) is 19.9 Å². The predicted molar refractivity (Wildman–Crippen MR) is 116 cm³/mol. The molecule has 148 valence electrons. The summed E-state index contributed by atoms with van der Waals surface area (Å²) < 4.78 is 0. The standard InChI is InChI=1S/C23H23N3O2S/c1-2-26-13-12-18-19(14-26)29-23(20(18)21(24)27)25-22(28)17-10-8-16(9-11-17)15-6-4-3-5-7-15/h3-11H,2,12-14H2,1H3,(H2,24,27)(H,25,28)/p+1. The lowest BCUT2D eigenvalue weighted by Crippen LogP contribution is -3.11. The number of primary amides is 1. The molecule has 0 saturated carbocycles. The van der Waals surface area contributed by atoms with E-state index in [0.29, 0.717) is 16.1 Å². The Hall–Kier alpha value is -2.96. The molecule has 6 heteroatoms. The topological polar surface area (TPSA) is 76.6 Å². The van der Waals surface area contributed by atoms with E-state index in [1.807, 2.05) is 42.5 Å². The highest BCUT2D eigenvalue weighted by molar-refractivity contribution is 7.17. The number of rotatable bonds is 5. The van der Waals surface area contributed by atoms with E-state index >= 15 is 0 Å². The Morgan fingerprint density at radius 2 is 1.76 bits per heavy atom. The summed E-state index contributed by atoms with van der Waals surface area (Å²) in [7, 11) is 0. The zero-order valence-electron chi connectivity index (χ0n) is 16.3. The van der Waals surface area contributed by atoms with Crippen LogP contribution in [0.5, 0.6) is 0 Å². The van der Waals surface area contributed by atoms with Crippen molar-refractivity contribution >= 4 is 28.2 Å². The molecule has 0 fully saturated rings. The molecule has 1 aliphatic heterocycles. The van der Waals surface area contributed by atoms with Crippen LogP contribution in [0, 0.1) is 0 Å². The maximum Gasteiger partial charge on any atom is 0.256 e. The molecule has 0 radical (unpaired) electrons. The van der Waals surface area contributed by atoms with E-state index < -0.39 is 5.91 Å². The van der Waals surface area contributed by atoms with Gasteiger partial charge in [0.2, 0.25) is 0 Å². The highest BCUT2D eigenvalue weighted by Gasteiger charge is 2.29. The number of nitrogens with one attached hydrogen (secondary N) is 2. The largest absolute Gasteiger partial charge is 0.365 e. The molecule has 4 N–H and O–H groups in total. The maximum absolute atomic E-state index is 12.8. The second-order valence-corrected chi connectivity index (χ2v) is 8.36. The highest BCUT2D eigenvalue weighted by atomic mass is 32.1. The number of fused-ring (bicyclic) bond motifs is 1. The molecular formula is C23H24N3O2S+. The van der Waals surface area contributed by atoms with E-state index in [2.05, 4.69) is 12.2 Å². The van der Waals surface area contributed by atoms with Gasteiger partial charge >= 0.3 is 0 Å². The first-order valence-corrected chi connectivity index (χ1v) is 10.6. The molecule has 1 atom stereocenters. The average Bonchev–Trinajstić information content (AvgIpc) is 3.11. The first-order valence-electron chi connectivity index (χ1n) is 9.81. The summed E-state index contributed by atoms with van der Waals surface area (Å²) in [5.74, 6) is -0.706. The van der Waals surface area contributed by atoms with Crippen LogP contribution in [0.15, 0.2) is 54.6 Å². The van der Waals surface area contributed by atoms with Crippen LogP contribution in [-0.4, -0.2) is 24.9 Å². The first-order chi connectivity index (χ1) is 14.1. The van der Waals surface area contributed by atoms with Crippen molar-refractivity contribution in [2.24, 2.45) is 5.73 Å². The summed E-state index contributed by atoms with van der Waals surface area (Å²) in [4.78, 5) is 27.5. The number of benzene rings is 2. The number of thiophene rings is 1. The number of anilines is 1. The molecule has 2 heterocycles. The molecule has 0 saturated heterocycles. The number of quaternary nitrogens is 1. The van der Waals surface area contributed by atoms with Crippen molar-refractivity contribution in [3.8, 4) is 11.1 Å². The van der Waals surface area contributed by atoms with Crippen molar-refractivity contribution < 1.29 is 14.5 Å². The lowest BCUT2D eigenvalue weighted by Gasteiger charge is -2.22. The van der Waals surface area contributed by atoms with Gasteiger partial charge in [-0.15, -0.1) is 11.3 Å². The monoisotopic (exact) mass is 406 g/mol. The maximum atomic E-state index is 12.8. The van der Waals surface area contributed by atoms with E-state index in [1.54, 1.807) is 12.1 Å². The van der Waals surface area contributed by atoms with Crippen LogP contribution >= 0.6 is 11.3 Å². The van der Waals surface area contributed by atoms with Crippen LogP contribution in [0.2, 0.25) is 0 Å². The summed E-state index contributed by atoms with van der Waals surface area (Å²) in [5, 5.41) is 3.49.